The lowest BCUT2D eigenvalue weighted by atomic mass is 9.68. The molecule has 214 valence electrons. The predicted molar refractivity (Wildman–Crippen MR) is 151 cm³/mol. The van der Waals surface area contributed by atoms with Crippen LogP contribution in [0.25, 0.3) is 0 Å². The molecule has 1 aliphatic heterocycles. The van der Waals surface area contributed by atoms with Gasteiger partial charge in [0.2, 0.25) is 0 Å². The van der Waals surface area contributed by atoms with E-state index in [0.717, 1.165) is 18.4 Å². The van der Waals surface area contributed by atoms with Gasteiger partial charge in [-0.05, 0) is 55.5 Å². The van der Waals surface area contributed by atoms with Gasteiger partial charge in [-0.1, -0.05) is 42.5 Å². The van der Waals surface area contributed by atoms with Crippen molar-refractivity contribution in [1.82, 2.24) is 13.9 Å². The molecule has 5 rings (SSSR count). The minimum absolute atomic E-state index is 0.181. The number of furan rings is 1. The number of ether oxygens (including phenoxy) is 2. The smallest absolute Gasteiger partial charge is 0.282 e. The fourth-order valence-electron chi connectivity index (χ4n) is 5.86. The van der Waals surface area contributed by atoms with Crippen molar-refractivity contribution in [3.05, 3.63) is 89.9 Å². The molecule has 1 N–H and O–H groups in total. The van der Waals surface area contributed by atoms with Crippen molar-refractivity contribution < 1.29 is 27.1 Å². The van der Waals surface area contributed by atoms with Crippen LogP contribution in [0.15, 0.2) is 77.4 Å². The van der Waals surface area contributed by atoms with E-state index in [1.54, 1.807) is 35.9 Å². The summed E-state index contributed by atoms with van der Waals surface area (Å²) >= 11 is 0. The van der Waals surface area contributed by atoms with E-state index in [4.69, 9.17) is 13.9 Å². The van der Waals surface area contributed by atoms with E-state index in [0.29, 0.717) is 62.8 Å². The number of carbonyl (C=O) groups is 1. The Morgan fingerprint density at radius 1 is 1.02 bits per heavy atom. The zero-order valence-electron chi connectivity index (χ0n) is 22.8. The van der Waals surface area contributed by atoms with Crippen molar-refractivity contribution in [3.8, 4) is 5.75 Å². The first-order valence-corrected chi connectivity index (χ1v) is 15.2. The number of amides is 1. The van der Waals surface area contributed by atoms with Crippen molar-refractivity contribution in [1.29, 1.82) is 0 Å². The number of carbonyl (C=O) groups excluding carboxylic acids is 1. The third kappa shape index (κ3) is 6.10. The number of methoxy groups -OCH3 is 1. The van der Waals surface area contributed by atoms with Crippen molar-refractivity contribution in [3.63, 3.8) is 0 Å². The Bertz CT molecular complexity index is 1350. The summed E-state index contributed by atoms with van der Waals surface area (Å²) in [6.07, 6.45) is 4.33. The number of rotatable bonds is 10. The molecule has 1 saturated carbocycles. The molecule has 0 spiro atoms. The average Bonchev–Trinajstić information content (AvgIpc) is 3.53. The highest BCUT2D eigenvalue weighted by Gasteiger charge is 2.43. The SMILES string of the molecule is COc1ccccc1C(=O)NCC1(c2ccccc2)CCC(N(Cc2ccco2)S(=O)(=O)N2CCOCC2)CC1. The molecule has 0 bridgehead atoms. The van der Waals surface area contributed by atoms with Crippen LogP contribution < -0.4 is 10.1 Å². The molecule has 9 nitrogen and oxygen atoms in total. The van der Waals surface area contributed by atoms with Gasteiger partial charge >= 0.3 is 0 Å². The molecule has 40 heavy (non-hydrogen) atoms. The Kier molecular flexibility index (Phi) is 8.90. The molecule has 0 unspecified atom stereocenters. The van der Waals surface area contributed by atoms with Gasteiger partial charge in [-0.15, -0.1) is 0 Å². The second kappa shape index (κ2) is 12.6. The number of benzene rings is 2. The molecule has 1 aromatic heterocycles. The largest absolute Gasteiger partial charge is 0.496 e. The minimum Gasteiger partial charge on any atom is -0.496 e. The Hall–Kier alpha value is -3.18. The lowest BCUT2D eigenvalue weighted by molar-refractivity contribution is 0.0670. The van der Waals surface area contributed by atoms with Crippen molar-refractivity contribution >= 4 is 16.1 Å². The molecule has 3 aromatic rings. The highest BCUT2D eigenvalue weighted by atomic mass is 32.2. The van der Waals surface area contributed by atoms with E-state index >= 15 is 0 Å². The lowest BCUT2D eigenvalue weighted by Crippen LogP contribution is -2.54. The number of para-hydroxylation sites is 1. The molecule has 1 saturated heterocycles. The standard InChI is InChI=1S/C30H37N3O6S/c1-37-28-12-6-5-11-27(28)29(34)31-23-30(24-8-3-2-4-9-24)15-13-25(14-16-30)33(22-26-10-7-19-39-26)40(35,36)32-17-20-38-21-18-32/h2-12,19,25H,13-18,20-23H2,1H3,(H,31,34). The number of morpholine rings is 1. The number of hydrogen-bond donors (Lipinski definition) is 1. The van der Waals surface area contributed by atoms with Gasteiger partial charge in [0.15, 0.2) is 0 Å². The van der Waals surface area contributed by atoms with Gasteiger partial charge in [0.1, 0.15) is 11.5 Å². The molecule has 1 amide bonds. The van der Waals surface area contributed by atoms with Crippen LogP contribution in [0.1, 0.15) is 47.4 Å². The van der Waals surface area contributed by atoms with Crippen molar-refractivity contribution in [2.75, 3.05) is 40.0 Å². The summed E-state index contributed by atoms with van der Waals surface area (Å²) in [5, 5.41) is 3.16. The van der Waals surface area contributed by atoms with Crippen LogP contribution in [0, 0.1) is 0 Å². The molecule has 1 aliphatic carbocycles. The third-order valence-electron chi connectivity index (χ3n) is 8.13. The van der Waals surface area contributed by atoms with Gasteiger partial charge in [-0.3, -0.25) is 4.79 Å². The van der Waals surface area contributed by atoms with E-state index in [1.165, 1.54) is 4.31 Å². The maximum atomic E-state index is 13.9. The van der Waals surface area contributed by atoms with Gasteiger partial charge in [0.25, 0.3) is 16.1 Å². The molecular formula is C30H37N3O6S. The van der Waals surface area contributed by atoms with Crippen molar-refractivity contribution in [2.45, 2.75) is 43.7 Å². The highest BCUT2D eigenvalue weighted by molar-refractivity contribution is 7.86. The Balaban J connectivity index is 1.37. The summed E-state index contributed by atoms with van der Waals surface area (Å²) < 4.78 is 47.2. The highest BCUT2D eigenvalue weighted by Crippen LogP contribution is 2.42. The van der Waals surface area contributed by atoms with Gasteiger partial charge in [0, 0.05) is 31.1 Å². The number of nitrogens with zero attached hydrogens (tertiary/aromatic N) is 2. The molecule has 0 radical (unpaired) electrons. The molecule has 2 aromatic carbocycles. The zero-order valence-corrected chi connectivity index (χ0v) is 23.6. The van der Waals surface area contributed by atoms with Crippen LogP contribution in [0.2, 0.25) is 0 Å². The quantitative estimate of drug-likeness (QED) is 0.398. The Morgan fingerprint density at radius 3 is 2.40 bits per heavy atom. The zero-order chi connectivity index (χ0) is 28.0. The maximum Gasteiger partial charge on any atom is 0.282 e. The van der Waals surface area contributed by atoms with E-state index in [1.807, 2.05) is 36.4 Å². The normalized spacial score (nSPS) is 22.2. The van der Waals surface area contributed by atoms with Crippen molar-refractivity contribution in [2.24, 2.45) is 0 Å². The average molecular weight is 568 g/mol. The van der Waals surface area contributed by atoms with Crippen LogP contribution in [-0.2, 0) is 26.9 Å². The predicted octanol–water partition coefficient (Wildman–Crippen LogP) is 3.98. The van der Waals surface area contributed by atoms with Gasteiger partial charge in [0.05, 0.1) is 38.7 Å². The molecule has 0 atom stereocenters. The fraction of sp³-hybridized carbons (Fsp3) is 0.433. The molecule has 10 heteroatoms. The van der Waals surface area contributed by atoms with Crippen LogP contribution in [0.3, 0.4) is 0 Å². The van der Waals surface area contributed by atoms with Crippen LogP contribution in [0.4, 0.5) is 0 Å². The summed E-state index contributed by atoms with van der Waals surface area (Å²) in [6, 6.07) is 20.8. The topological polar surface area (TPSA) is 101 Å². The van der Waals surface area contributed by atoms with E-state index in [-0.39, 0.29) is 23.9 Å². The number of nitrogens with one attached hydrogen (secondary N) is 1. The monoisotopic (exact) mass is 567 g/mol. The summed E-state index contributed by atoms with van der Waals surface area (Å²) in [5.74, 6) is 0.948. The molecule has 2 fully saturated rings. The molecule has 2 aliphatic rings. The molecular weight excluding hydrogens is 530 g/mol. The summed E-state index contributed by atoms with van der Waals surface area (Å²) in [5.41, 5.74) is 1.31. The first kappa shape index (κ1) is 28.4. The summed E-state index contributed by atoms with van der Waals surface area (Å²) in [4.78, 5) is 13.2. The van der Waals surface area contributed by atoms with Crippen LogP contribution in [-0.4, -0.2) is 68.9 Å². The first-order valence-electron chi connectivity index (χ1n) is 13.8. The third-order valence-corrected chi connectivity index (χ3v) is 10.2. The lowest BCUT2D eigenvalue weighted by Gasteiger charge is -2.44. The first-order chi connectivity index (χ1) is 19.4. The summed E-state index contributed by atoms with van der Waals surface area (Å²) in [6.45, 7) is 2.08. The van der Waals surface area contributed by atoms with E-state index < -0.39 is 10.2 Å². The second-order valence-corrected chi connectivity index (χ2v) is 12.3. The van der Waals surface area contributed by atoms with Gasteiger partial charge in [-0.25, -0.2) is 0 Å². The van der Waals surface area contributed by atoms with Gasteiger partial charge in [-0.2, -0.15) is 17.0 Å². The maximum absolute atomic E-state index is 13.9. The van der Waals surface area contributed by atoms with E-state index in [2.05, 4.69) is 17.4 Å². The fourth-order valence-corrected chi connectivity index (χ4v) is 7.65. The Labute approximate surface area is 236 Å². The number of hydrogen-bond acceptors (Lipinski definition) is 6. The van der Waals surface area contributed by atoms with E-state index in [9.17, 15) is 13.2 Å². The minimum atomic E-state index is -3.73. The molecule has 2 heterocycles. The van der Waals surface area contributed by atoms with Crippen LogP contribution in [0.5, 0.6) is 5.75 Å². The Morgan fingerprint density at radius 2 is 1.73 bits per heavy atom. The van der Waals surface area contributed by atoms with Crippen LogP contribution >= 0.6 is 0 Å². The second-order valence-electron chi connectivity index (χ2n) is 10.4. The van der Waals surface area contributed by atoms with Gasteiger partial charge < -0.3 is 19.2 Å². The summed E-state index contributed by atoms with van der Waals surface area (Å²) in [7, 11) is -2.17.